The molecule has 1 aromatic heterocycles. The highest BCUT2D eigenvalue weighted by atomic mass is 32.2. The van der Waals surface area contributed by atoms with Crippen LogP contribution in [0.2, 0.25) is 0 Å². The van der Waals surface area contributed by atoms with E-state index in [4.69, 9.17) is 5.73 Å². The van der Waals surface area contributed by atoms with E-state index in [1.165, 1.54) is 0 Å². The van der Waals surface area contributed by atoms with Crippen LogP contribution in [0.4, 0.5) is 5.69 Å². The molecule has 21 heavy (non-hydrogen) atoms. The third-order valence-electron chi connectivity index (χ3n) is 3.53. The summed E-state index contributed by atoms with van der Waals surface area (Å²) in [7, 11) is -3.45. The number of aryl methyl sites for hydroxylation is 1. The van der Waals surface area contributed by atoms with Crippen LogP contribution in [0.1, 0.15) is 11.1 Å². The highest BCUT2D eigenvalue weighted by molar-refractivity contribution is 7.90. The predicted octanol–water partition coefficient (Wildman–Crippen LogP) is 3.77. The van der Waals surface area contributed by atoms with Crippen LogP contribution in [0, 0.1) is 6.92 Å². The van der Waals surface area contributed by atoms with Crippen LogP contribution in [-0.2, 0) is 15.6 Å². The summed E-state index contributed by atoms with van der Waals surface area (Å²) in [6.07, 6.45) is 0. The molecule has 2 aromatic carbocycles. The van der Waals surface area contributed by atoms with Crippen LogP contribution in [0.5, 0.6) is 0 Å². The molecule has 0 saturated heterocycles. The van der Waals surface area contributed by atoms with E-state index in [0.29, 0.717) is 5.69 Å². The van der Waals surface area contributed by atoms with Gasteiger partial charge in [-0.05, 0) is 40.9 Å². The summed E-state index contributed by atoms with van der Waals surface area (Å²) < 4.78 is 26.4. The Hall–Kier alpha value is -1.85. The number of anilines is 1. The standard InChI is InChI=1S/C16H15NO2S2/c1-11-5-4-8-15(16(11)17)21(18,19)10-12-9-20-14-7-3-2-6-13(12)14/h2-9H,10,17H2,1H3. The van der Waals surface area contributed by atoms with Gasteiger partial charge in [0.1, 0.15) is 0 Å². The first kappa shape index (κ1) is 14.1. The topological polar surface area (TPSA) is 60.2 Å². The van der Waals surface area contributed by atoms with E-state index in [2.05, 4.69) is 0 Å². The number of hydrogen-bond acceptors (Lipinski definition) is 4. The Balaban J connectivity index is 2.06. The first-order valence-electron chi connectivity index (χ1n) is 6.52. The number of nitrogen functional groups attached to an aromatic ring is 1. The van der Waals surface area contributed by atoms with Gasteiger partial charge in [0.05, 0.1) is 16.3 Å². The molecule has 0 aliphatic heterocycles. The third kappa shape index (κ3) is 2.54. The minimum Gasteiger partial charge on any atom is -0.397 e. The zero-order valence-electron chi connectivity index (χ0n) is 11.5. The van der Waals surface area contributed by atoms with Gasteiger partial charge in [-0.1, -0.05) is 30.3 Å². The molecule has 1 heterocycles. The van der Waals surface area contributed by atoms with E-state index in [-0.39, 0.29) is 10.6 Å². The van der Waals surface area contributed by atoms with Crippen molar-refractivity contribution in [3.05, 3.63) is 59.0 Å². The number of thiophene rings is 1. The lowest BCUT2D eigenvalue weighted by Crippen LogP contribution is -2.08. The Labute approximate surface area is 128 Å². The highest BCUT2D eigenvalue weighted by Crippen LogP contribution is 2.30. The third-order valence-corrected chi connectivity index (χ3v) is 6.26. The predicted molar refractivity (Wildman–Crippen MR) is 88.3 cm³/mol. The fourth-order valence-corrected chi connectivity index (χ4v) is 5.01. The van der Waals surface area contributed by atoms with Gasteiger partial charge < -0.3 is 5.73 Å². The molecule has 0 spiro atoms. The van der Waals surface area contributed by atoms with E-state index < -0.39 is 9.84 Å². The average Bonchev–Trinajstić information content (AvgIpc) is 2.84. The quantitative estimate of drug-likeness (QED) is 0.748. The summed E-state index contributed by atoms with van der Waals surface area (Å²) in [4.78, 5) is 0.220. The number of sulfone groups is 1. The monoisotopic (exact) mass is 317 g/mol. The summed E-state index contributed by atoms with van der Waals surface area (Å²) in [6, 6.07) is 12.9. The second kappa shape index (κ2) is 5.16. The Morgan fingerprint density at radius 3 is 2.67 bits per heavy atom. The number of fused-ring (bicyclic) bond motifs is 1. The fraction of sp³-hybridized carbons (Fsp3) is 0.125. The van der Waals surface area contributed by atoms with Gasteiger partial charge in [-0.2, -0.15) is 0 Å². The second-order valence-corrected chi connectivity index (χ2v) is 7.87. The first-order chi connectivity index (χ1) is 9.99. The molecule has 0 atom stereocenters. The molecule has 5 heteroatoms. The van der Waals surface area contributed by atoms with E-state index in [1.54, 1.807) is 23.5 Å². The lowest BCUT2D eigenvalue weighted by atomic mass is 10.2. The van der Waals surface area contributed by atoms with Crippen LogP contribution < -0.4 is 5.73 Å². The van der Waals surface area contributed by atoms with E-state index in [9.17, 15) is 8.42 Å². The number of para-hydroxylation sites is 1. The molecule has 0 aliphatic rings. The minimum absolute atomic E-state index is 0.0231. The van der Waals surface area contributed by atoms with Gasteiger partial charge >= 0.3 is 0 Å². The van der Waals surface area contributed by atoms with Gasteiger partial charge in [0.2, 0.25) is 0 Å². The van der Waals surface area contributed by atoms with Crippen molar-refractivity contribution < 1.29 is 8.42 Å². The summed E-state index contributed by atoms with van der Waals surface area (Å²) in [5, 5.41) is 2.91. The SMILES string of the molecule is Cc1cccc(S(=O)(=O)Cc2csc3ccccc23)c1N. The van der Waals surface area contributed by atoms with Crippen LogP contribution in [0.3, 0.4) is 0 Å². The number of nitrogens with two attached hydrogens (primary N) is 1. The lowest BCUT2D eigenvalue weighted by Gasteiger charge is -2.09. The maximum Gasteiger partial charge on any atom is 0.184 e. The highest BCUT2D eigenvalue weighted by Gasteiger charge is 2.20. The van der Waals surface area contributed by atoms with Crippen molar-refractivity contribution in [3.8, 4) is 0 Å². The molecular formula is C16H15NO2S2. The van der Waals surface area contributed by atoms with Gasteiger partial charge in [0, 0.05) is 4.70 Å². The largest absolute Gasteiger partial charge is 0.397 e. The summed E-state index contributed by atoms with van der Waals surface area (Å²) in [5.74, 6) is -0.0231. The molecule has 0 radical (unpaired) electrons. The van der Waals surface area contributed by atoms with Crippen LogP contribution in [-0.4, -0.2) is 8.42 Å². The van der Waals surface area contributed by atoms with Crippen molar-refractivity contribution in [2.24, 2.45) is 0 Å². The Kier molecular flexibility index (Phi) is 3.47. The van der Waals surface area contributed by atoms with Gasteiger partial charge in [0.15, 0.2) is 9.84 Å². The molecule has 0 saturated carbocycles. The van der Waals surface area contributed by atoms with E-state index in [1.807, 2.05) is 42.6 Å². The van der Waals surface area contributed by atoms with Crippen molar-refractivity contribution in [1.29, 1.82) is 0 Å². The molecule has 108 valence electrons. The van der Waals surface area contributed by atoms with Crippen molar-refractivity contribution in [3.63, 3.8) is 0 Å². The van der Waals surface area contributed by atoms with Gasteiger partial charge in [0.25, 0.3) is 0 Å². The molecular weight excluding hydrogens is 302 g/mol. The maximum atomic E-state index is 12.6. The van der Waals surface area contributed by atoms with Crippen LogP contribution in [0.15, 0.2) is 52.7 Å². The van der Waals surface area contributed by atoms with Crippen LogP contribution >= 0.6 is 11.3 Å². The smallest absolute Gasteiger partial charge is 0.184 e. The molecule has 3 nitrogen and oxygen atoms in total. The van der Waals surface area contributed by atoms with Crippen molar-refractivity contribution in [2.75, 3.05) is 5.73 Å². The molecule has 3 aromatic rings. The fourth-order valence-electron chi connectivity index (χ4n) is 2.35. The molecule has 0 unspecified atom stereocenters. The normalized spacial score (nSPS) is 11.9. The first-order valence-corrected chi connectivity index (χ1v) is 9.05. The maximum absolute atomic E-state index is 12.6. The van der Waals surface area contributed by atoms with Crippen molar-refractivity contribution >= 4 is 36.9 Å². The molecule has 0 bridgehead atoms. The molecule has 2 N–H and O–H groups in total. The average molecular weight is 317 g/mol. The lowest BCUT2D eigenvalue weighted by molar-refractivity contribution is 0.596. The van der Waals surface area contributed by atoms with Gasteiger partial charge in [-0.15, -0.1) is 11.3 Å². The van der Waals surface area contributed by atoms with Crippen molar-refractivity contribution in [2.45, 2.75) is 17.6 Å². The summed E-state index contributed by atoms with van der Waals surface area (Å²) >= 11 is 1.56. The Bertz CT molecular complexity index is 911. The second-order valence-electron chi connectivity index (χ2n) is 5.00. The number of hydrogen-bond donors (Lipinski definition) is 1. The van der Waals surface area contributed by atoms with Gasteiger partial charge in [-0.25, -0.2) is 8.42 Å². The number of rotatable bonds is 3. The molecule has 0 aliphatic carbocycles. The molecule has 0 amide bonds. The zero-order valence-corrected chi connectivity index (χ0v) is 13.2. The zero-order chi connectivity index (χ0) is 15.0. The summed E-state index contributed by atoms with van der Waals surface area (Å²) in [5.41, 5.74) is 7.89. The Morgan fingerprint density at radius 2 is 1.86 bits per heavy atom. The Morgan fingerprint density at radius 1 is 1.10 bits per heavy atom. The van der Waals surface area contributed by atoms with Crippen LogP contribution in [0.25, 0.3) is 10.1 Å². The minimum atomic E-state index is -3.45. The van der Waals surface area contributed by atoms with Gasteiger partial charge in [-0.3, -0.25) is 0 Å². The number of benzene rings is 2. The van der Waals surface area contributed by atoms with Crippen molar-refractivity contribution in [1.82, 2.24) is 0 Å². The molecule has 3 rings (SSSR count). The molecule has 0 fully saturated rings. The summed E-state index contributed by atoms with van der Waals surface area (Å²) in [6.45, 7) is 1.81. The van der Waals surface area contributed by atoms with E-state index in [0.717, 1.165) is 21.2 Å². The van der Waals surface area contributed by atoms with E-state index >= 15 is 0 Å².